The molecule has 1 amide bonds. The molecular formula is C18H17FN2O3. The van der Waals surface area contributed by atoms with Crippen LogP contribution in [0.2, 0.25) is 0 Å². The summed E-state index contributed by atoms with van der Waals surface area (Å²) < 4.78 is 24.1. The van der Waals surface area contributed by atoms with Gasteiger partial charge in [-0.15, -0.1) is 0 Å². The van der Waals surface area contributed by atoms with Crippen molar-refractivity contribution in [2.45, 2.75) is 0 Å². The van der Waals surface area contributed by atoms with E-state index in [-0.39, 0.29) is 24.9 Å². The second-order valence-electron chi connectivity index (χ2n) is 5.02. The molecule has 2 aromatic carbocycles. The number of rotatable bonds is 7. The van der Waals surface area contributed by atoms with Crippen LogP contribution in [0.5, 0.6) is 11.5 Å². The third-order valence-corrected chi connectivity index (χ3v) is 3.29. The van der Waals surface area contributed by atoms with Gasteiger partial charge in [0.1, 0.15) is 12.4 Å². The van der Waals surface area contributed by atoms with Gasteiger partial charge in [-0.1, -0.05) is 12.1 Å². The van der Waals surface area contributed by atoms with E-state index in [1.165, 1.54) is 17.0 Å². The molecule has 0 aliphatic carbocycles. The van der Waals surface area contributed by atoms with Crippen molar-refractivity contribution in [3.63, 3.8) is 0 Å². The number of nitrogens with zero attached hydrogens (tertiary/aromatic N) is 2. The number of ether oxygens (including phenoxy) is 2. The first-order valence-electron chi connectivity index (χ1n) is 7.34. The number of benzene rings is 2. The average Bonchev–Trinajstić information content (AvgIpc) is 2.61. The molecular weight excluding hydrogens is 311 g/mol. The molecule has 0 aliphatic rings. The minimum atomic E-state index is -0.435. The van der Waals surface area contributed by atoms with Crippen LogP contribution in [0.1, 0.15) is 5.56 Å². The van der Waals surface area contributed by atoms with Gasteiger partial charge in [-0.25, -0.2) is 4.39 Å². The van der Waals surface area contributed by atoms with Crippen molar-refractivity contribution in [3.05, 3.63) is 59.9 Å². The number of nitriles is 1. The highest BCUT2D eigenvalue weighted by Crippen LogP contribution is 2.15. The van der Waals surface area contributed by atoms with Crippen LogP contribution in [0, 0.1) is 17.1 Å². The summed E-state index contributed by atoms with van der Waals surface area (Å²) >= 11 is 0. The van der Waals surface area contributed by atoms with Crippen molar-refractivity contribution < 1.29 is 18.7 Å². The molecule has 0 N–H and O–H groups in total. The lowest BCUT2D eigenvalue weighted by atomic mass is 10.2. The van der Waals surface area contributed by atoms with Gasteiger partial charge in [0.05, 0.1) is 18.2 Å². The van der Waals surface area contributed by atoms with E-state index in [2.05, 4.69) is 0 Å². The highest BCUT2D eigenvalue weighted by atomic mass is 19.1. The molecule has 5 nitrogen and oxygen atoms in total. The summed E-state index contributed by atoms with van der Waals surface area (Å²) in [6, 6.07) is 14.6. The third-order valence-electron chi connectivity index (χ3n) is 3.29. The first-order valence-corrected chi connectivity index (χ1v) is 7.34. The monoisotopic (exact) mass is 328 g/mol. The lowest BCUT2D eigenvalue weighted by Crippen LogP contribution is -2.34. The Labute approximate surface area is 139 Å². The predicted octanol–water partition coefficient (Wildman–Crippen LogP) is 2.61. The largest absolute Gasteiger partial charge is 0.489 e. The van der Waals surface area contributed by atoms with E-state index in [9.17, 15) is 9.18 Å². The van der Waals surface area contributed by atoms with E-state index < -0.39 is 5.82 Å². The van der Waals surface area contributed by atoms with Gasteiger partial charge in [0.2, 0.25) is 0 Å². The van der Waals surface area contributed by atoms with Gasteiger partial charge in [-0.2, -0.15) is 5.26 Å². The highest BCUT2D eigenvalue weighted by Gasteiger charge is 2.10. The van der Waals surface area contributed by atoms with E-state index in [1.807, 2.05) is 6.07 Å². The summed E-state index contributed by atoms with van der Waals surface area (Å²) in [5, 5.41) is 8.71. The molecule has 0 fully saturated rings. The lowest BCUT2D eigenvalue weighted by molar-refractivity contribution is -0.132. The molecule has 124 valence electrons. The van der Waals surface area contributed by atoms with Gasteiger partial charge in [0.15, 0.2) is 18.2 Å². The van der Waals surface area contributed by atoms with Crippen molar-refractivity contribution >= 4 is 5.91 Å². The fourth-order valence-corrected chi connectivity index (χ4v) is 1.86. The average molecular weight is 328 g/mol. The molecule has 0 unspecified atom stereocenters. The summed E-state index contributed by atoms with van der Waals surface area (Å²) in [6.45, 7) is 0.367. The molecule has 0 heterocycles. The van der Waals surface area contributed by atoms with E-state index in [0.717, 1.165) is 0 Å². The number of likely N-dealkylation sites (N-methyl/N-ethyl adjacent to an activating group) is 1. The Balaban J connectivity index is 1.73. The van der Waals surface area contributed by atoms with Crippen molar-refractivity contribution in [2.24, 2.45) is 0 Å². The summed E-state index contributed by atoms with van der Waals surface area (Å²) in [7, 11) is 1.62. The molecule has 0 bridgehead atoms. The summed E-state index contributed by atoms with van der Waals surface area (Å²) in [6.07, 6.45) is 0. The molecule has 0 saturated carbocycles. The van der Waals surface area contributed by atoms with E-state index >= 15 is 0 Å². The van der Waals surface area contributed by atoms with Gasteiger partial charge in [-0.3, -0.25) is 4.79 Å². The zero-order valence-corrected chi connectivity index (χ0v) is 13.2. The van der Waals surface area contributed by atoms with Gasteiger partial charge < -0.3 is 14.4 Å². The van der Waals surface area contributed by atoms with Crippen molar-refractivity contribution in [1.29, 1.82) is 5.26 Å². The highest BCUT2D eigenvalue weighted by molar-refractivity contribution is 5.77. The molecule has 0 spiro atoms. The first kappa shape index (κ1) is 17.3. The van der Waals surface area contributed by atoms with Crippen LogP contribution in [-0.4, -0.2) is 37.6 Å². The second kappa shape index (κ2) is 8.53. The van der Waals surface area contributed by atoms with Crippen LogP contribution in [0.25, 0.3) is 0 Å². The van der Waals surface area contributed by atoms with Crippen LogP contribution >= 0.6 is 0 Å². The Bertz CT molecular complexity index is 726. The maximum absolute atomic E-state index is 13.4. The van der Waals surface area contributed by atoms with Crippen LogP contribution in [0.3, 0.4) is 0 Å². The maximum atomic E-state index is 13.4. The molecule has 2 aromatic rings. The molecule has 0 aromatic heterocycles. The Kier molecular flexibility index (Phi) is 6.15. The number of halogens is 1. The van der Waals surface area contributed by atoms with Crippen LogP contribution in [-0.2, 0) is 4.79 Å². The molecule has 2 rings (SSSR count). The lowest BCUT2D eigenvalue weighted by Gasteiger charge is -2.18. The zero-order chi connectivity index (χ0) is 17.4. The number of para-hydroxylation sites is 1. The van der Waals surface area contributed by atoms with Crippen LogP contribution in [0.15, 0.2) is 48.5 Å². The Morgan fingerprint density at radius 1 is 1.17 bits per heavy atom. The molecule has 0 saturated heterocycles. The van der Waals surface area contributed by atoms with Crippen molar-refractivity contribution in [2.75, 3.05) is 26.8 Å². The molecule has 24 heavy (non-hydrogen) atoms. The van der Waals surface area contributed by atoms with Gasteiger partial charge in [0, 0.05) is 7.05 Å². The third kappa shape index (κ3) is 4.99. The van der Waals surface area contributed by atoms with Crippen molar-refractivity contribution in [3.8, 4) is 17.6 Å². The Morgan fingerprint density at radius 2 is 1.88 bits per heavy atom. The van der Waals surface area contributed by atoms with E-state index in [1.54, 1.807) is 43.4 Å². The minimum Gasteiger partial charge on any atom is -0.489 e. The number of carbonyl (C=O) groups excluding carboxylic acids is 1. The minimum absolute atomic E-state index is 0.123. The number of hydrogen-bond donors (Lipinski definition) is 0. The van der Waals surface area contributed by atoms with E-state index in [0.29, 0.717) is 17.9 Å². The quantitative estimate of drug-likeness (QED) is 0.784. The number of carbonyl (C=O) groups is 1. The maximum Gasteiger partial charge on any atom is 0.260 e. The second-order valence-corrected chi connectivity index (χ2v) is 5.02. The SMILES string of the molecule is CN(CCOc1ccccc1F)C(=O)COc1ccc(C#N)cc1. The fourth-order valence-electron chi connectivity index (χ4n) is 1.86. The smallest absolute Gasteiger partial charge is 0.260 e. The van der Waals surface area contributed by atoms with Crippen molar-refractivity contribution in [1.82, 2.24) is 4.90 Å². The molecule has 0 aliphatic heterocycles. The Hall–Kier alpha value is -3.07. The molecule has 0 radical (unpaired) electrons. The normalized spacial score (nSPS) is 9.88. The Morgan fingerprint density at radius 3 is 2.54 bits per heavy atom. The standard InChI is InChI=1S/C18H17FN2O3/c1-21(10-11-23-17-5-3-2-4-16(17)19)18(22)13-24-15-8-6-14(12-20)7-9-15/h2-9H,10-11,13H2,1H3. The summed E-state index contributed by atoms with van der Waals surface area (Å²) in [4.78, 5) is 13.4. The summed E-state index contributed by atoms with van der Waals surface area (Å²) in [5.41, 5.74) is 0.524. The number of hydrogen-bond acceptors (Lipinski definition) is 4. The van der Waals surface area contributed by atoms with Gasteiger partial charge >= 0.3 is 0 Å². The van der Waals surface area contributed by atoms with E-state index in [4.69, 9.17) is 14.7 Å². The first-order chi connectivity index (χ1) is 11.6. The molecule has 0 atom stereocenters. The zero-order valence-electron chi connectivity index (χ0n) is 13.2. The summed E-state index contributed by atoms with van der Waals surface area (Å²) in [5.74, 6) is 0.0117. The van der Waals surface area contributed by atoms with Crippen LogP contribution < -0.4 is 9.47 Å². The van der Waals surface area contributed by atoms with Crippen LogP contribution in [0.4, 0.5) is 4.39 Å². The topological polar surface area (TPSA) is 62.6 Å². The van der Waals surface area contributed by atoms with Gasteiger partial charge in [-0.05, 0) is 36.4 Å². The molecule has 6 heteroatoms. The number of amides is 1. The van der Waals surface area contributed by atoms with Gasteiger partial charge in [0.25, 0.3) is 5.91 Å². The predicted molar refractivity (Wildman–Crippen MR) is 86.2 cm³/mol. The fraction of sp³-hybridized carbons (Fsp3) is 0.222.